The van der Waals surface area contributed by atoms with E-state index in [1.807, 2.05) is 13.8 Å². The summed E-state index contributed by atoms with van der Waals surface area (Å²) in [4.78, 5) is 25.1. The van der Waals surface area contributed by atoms with Gasteiger partial charge in [-0.25, -0.2) is 0 Å². The number of carboxylic acids is 1. The molecule has 0 bridgehead atoms. The van der Waals surface area contributed by atoms with Crippen LogP contribution in [0.4, 0.5) is 0 Å². The summed E-state index contributed by atoms with van der Waals surface area (Å²) in [5, 5.41) is 18.7. The molecule has 1 fully saturated rings. The summed E-state index contributed by atoms with van der Waals surface area (Å²) < 4.78 is 0. The number of nitrogens with zero attached hydrogens (tertiary/aromatic N) is 1. The largest absolute Gasteiger partial charge is 0.481 e. The van der Waals surface area contributed by atoms with E-state index in [1.165, 1.54) is 0 Å². The minimum absolute atomic E-state index is 0.0609. The Labute approximate surface area is 108 Å². The van der Waals surface area contributed by atoms with Crippen LogP contribution in [-0.4, -0.2) is 46.2 Å². The third kappa shape index (κ3) is 3.22. The van der Waals surface area contributed by atoms with E-state index < -0.39 is 11.4 Å². The van der Waals surface area contributed by atoms with Gasteiger partial charge in [0, 0.05) is 19.5 Å². The van der Waals surface area contributed by atoms with Crippen molar-refractivity contribution >= 4 is 11.9 Å². The molecular formula is C13H23NO4. The van der Waals surface area contributed by atoms with Gasteiger partial charge in [0.2, 0.25) is 5.91 Å². The van der Waals surface area contributed by atoms with E-state index in [0.717, 1.165) is 0 Å². The second-order valence-electron chi connectivity index (χ2n) is 5.08. The van der Waals surface area contributed by atoms with Crippen molar-refractivity contribution in [2.45, 2.75) is 52.1 Å². The zero-order valence-electron chi connectivity index (χ0n) is 11.2. The van der Waals surface area contributed by atoms with Gasteiger partial charge in [-0.1, -0.05) is 13.8 Å². The molecule has 1 rings (SSSR count). The van der Waals surface area contributed by atoms with Crippen LogP contribution in [0.15, 0.2) is 0 Å². The number of hydrogen-bond acceptors (Lipinski definition) is 3. The summed E-state index contributed by atoms with van der Waals surface area (Å²) in [6.45, 7) is 4.68. The van der Waals surface area contributed by atoms with E-state index in [4.69, 9.17) is 0 Å². The summed E-state index contributed by atoms with van der Waals surface area (Å²) >= 11 is 0. The molecular weight excluding hydrogens is 234 g/mol. The number of hydrogen-bond donors (Lipinski definition) is 2. The maximum absolute atomic E-state index is 12.1. The van der Waals surface area contributed by atoms with Crippen LogP contribution in [0.3, 0.4) is 0 Å². The summed E-state index contributed by atoms with van der Waals surface area (Å²) in [5.41, 5.74) is -0.937. The van der Waals surface area contributed by atoms with Gasteiger partial charge in [0.25, 0.3) is 0 Å². The molecule has 1 amide bonds. The number of carboxylic acid groups (broad SMARTS) is 1. The lowest BCUT2D eigenvalue weighted by Crippen LogP contribution is -2.43. The SMILES string of the molecule is CCC(CC)(CC(=O)N1CCC(O)CC1)C(=O)O. The number of aliphatic carboxylic acids is 1. The first kappa shape index (κ1) is 15.0. The molecule has 0 unspecified atom stereocenters. The Hall–Kier alpha value is -1.10. The van der Waals surface area contributed by atoms with Crippen molar-refractivity contribution in [1.82, 2.24) is 4.90 Å². The van der Waals surface area contributed by atoms with Crippen LogP contribution in [0.25, 0.3) is 0 Å². The number of aliphatic hydroxyl groups excluding tert-OH is 1. The third-order valence-electron chi connectivity index (χ3n) is 4.11. The van der Waals surface area contributed by atoms with Gasteiger partial charge >= 0.3 is 5.97 Å². The summed E-state index contributed by atoms with van der Waals surface area (Å²) in [6.07, 6.45) is 1.83. The maximum Gasteiger partial charge on any atom is 0.310 e. The van der Waals surface area contributed by atoms with Crippen molar-refractivity contribution in [3.8, 4) is 0 Å². The Morgan fingerprint density at radius 1 is 1.22 bits per heavy atom. The molecule has 104 valence electrons. The van der Waals surface area contributed by atoms with Gasteiger partial charge in [-0.05, 0) is 25.7 Å². The lowest BCUT2D eigenvalue weighted by atomic mass is 9.79. The van der Waals surface area contributed by atoms with Gasteiger partial charge in [-0.15, -0.1) is 0 Å². The predicted molar refractivity (Wildman–Crippen MR) is 67.1 cm³/mol. The molecule has 18 heavy (non-hydrogen) atoms. The molecule has 1 heterocycles. The zero-order chi connectivity index (χ0) is 13.8. The summed E-state index contributed by atoms with van der Waals surface area (Å²) in [5.74, 6) is -0.995. The maximum atomic E-state index is 12.1. The quantitative estimate of drug-likeness (QED) is 0.777. The van der Waals surface area contributed by atoms with Crippen molar-refractivity contribution in [2.75, 3.05) is 13.1 Å². The molecule has 5 nitrogen and oxygen atoms in total. The van der Waals surface area contributed by atoms with Crippen molar-refractivity contribution in [1.29, 1.82) is 0 Å². The Kier molecular flexibility index (Phi) is 5.14. The molecule has 0 aliphatic carbocycles. The standard InChI is InChI=1S/C13H23NO4/c1-3-13(4-2,12(17)18)9-11(16)14-7-5-10(15)6-8-14/h10,15H,3-9H2,1-2H3,(H,17,18). The van der Waals surface area contributed by atoms with Gasteiger partial charge in [0.15, 0.2) is 0 Å². The predicted octanol–water partition coefficient (Wildman–Crippen LogP) is 1.25. The number of aliphatic hydroxyl groups is 1. The van der Waals surface area contributed by atoms with Gasteiger partial charge in [0.1, 0.15) is 0 Å². The molecule has 0 aromatic rings. The molecule has 5 heteroatoms. The third-order valence-corrected chi connectivity index (χ3v) is 4.11. The highest BCUT2D eigenvalue weighted by Crippen LogP contribution is 2.32. The van der Waals surface area contributed by atoms with Gasteiger partial charge in [0.05, 0.1) is 11.5 Å². The highest BCUT2D eigenvalue weighted by Gasteiger charge is 2.38. The molecule has 0 aromatic carbocycles. The number of carbonyl (C=O) groups excluding carboxylic acids is 1. The topological polar surface area (TPSA) is 77.8 Å². The van der Waals surface area contributed by atoms with Crippen LogP contribution in [0.1, 0.15) is 46.0 Å². The molecule has 0 aromatic heterocycles. The fourth-order valence-electron chi connectivity index (χ4n) is 2.39. The molecule has 1 aliphatic rings. The number of rotatable bonds is 5. The summed E-state index contributed by atoms with van der Waals surface area (Å²) in [6, 6.07) is 0. The van der Waals surface area contributed by atoms with Crippen LogP contribution in [0.2, 0.25) is 0 Å². The van der Waals surface area contributed by atoms with E-state index in [-0.39, 0.29) is 18.4 Å². The Morgan fingerprint density at radius 3 is 2.11 bits per heavy atom. The lowest BCUT2D eigenvalue weighted by Gasteiger charge is -2.33. The van der Waals surface area contributed by atoms with E-state index >= 15 is 0 Å². The van der Waals surface area contributed by atoms with Crippen molar-refractivity contribution in [3.63, 3.8) is 0 Å². The average Bonchev–Trinajstić information content (AvgIpc) is 2.36. The second-order valence-corrected chi connectivity index (χ2v) is 5.08. The molecule has 1 aliphatic heterocycles. The minimum atomic E-state index is -0.937. The molecule has 0 radical (unpaired) electrons. The first-order valence-corrected chi connectivity index (χ1v) is 6.64. The van der Waals surface area contributed by atoms with E-state index in [2.05, 4.69) is 0 Å². The number of amides is 1. The van der Waals surface area contributed by atoms with E-state index in [0.29, 0.717) is 38.8 Å². The Bertz CT molecular complexity index is 304. The fraction of sp³-hybridized carbons (Fsp3) is 0.846. The van der Waals surface area contributed by atoms with Crippen molar-refractivity contribution in [3.05, 3.63) is 0 Å². The molecule has 0 atom stereocenters. The van der Waals surface area contributed by atoms with E-state index in [1.54, 1.807) is 4.90 Å². The monoisotopic (exact) mass is 257 g/mol. The average molecular weight is 257 g/mol. The highest BCUT2D eigenvalue weighted by molar-refractivity contribution is 5.85. The smallest absolute Gasteiger partial charge is 0.310 e. The second kappa shape index (κ2) is 6.18. The fourth-order valence-corrected chi connectivity index (χ4v) is 2.39. The minimum Gasteiger partial charge on any atom is -0.481 e. The van der Waals surface area contributed by atoms with Gasteiger partial charge in [-0.2, -0.15) is 0 Å². The van der Waals surface area contributed by atoms with Crippen molar-refractivity contribution < 1.29 is 19.8 Å². The normalized spacial score (nSPS) is 17.8. The van der Waals surface area contributed by atoms with Crippen LogP contribution in [-0.2, 0) is 9.59 Å². The van der Waals surface area contributed by atoms with Crippen LogP contribution < -0.4 is 0 Å². The zero-order valence-corrected chi connectivity index (χ0v) is 11.2. The molecule has 0 saturated carbocycles. The number of likely N-dealkylation sites (tertiary alicyclic amines) is 1. The Balaban J connectivity index is 2.64. The van der Waals surface area contributed by atoms with Crippen LogP contribution in [0.5, 0.6) is 0 Å². The van der Waals surface area contributed by atoms with E-state index in [9.17, 15) is 19.8 Å². The van der Waals surface area contributed by atoms with Gasteiger partial charge < -0.3 is 15.1 Å². The van der Waals surface area contributed by atoms with Crippen LogP contribution >= 0.6 is 0 Å². The molecule has 0 spiro atoms. The highest BCUT2D eigenvalue weighted by atomic mass is 16.4. The lowest BCUT2D eigenvalue weighted by molar-refractivity contribution is -0.154. The first-order valence-electron chi connectivity index (χ1n) is 6.64. The number of carbonyl (C=O) groups is 2. The Morgan fingerprint density at radius 2 is 1.72 bits per heavy atom. The molecule has 1 saturated heterocycles. The van der Waals surface area contributed by atoms with Crippen LogP contribution in [0, 0.1) is 5.41 Å². The van der Waals surface area contributed by atoms with Gasteiger partial charge in [-0.3, -0.25) is 9.59 Å². The van der Waals surface area contributed by atoms with Crippen molar-refractivity contribution in [2.24, 2.45) is 5.41 Å². The molecule has 2 N–H and O–H groups in total. The first-order chi connectivity index (χ1) is 8.45. The number of piperidine rings is 1. The summed E-state index contributed by atoms with van der Waals surface area (Å²) in [7, 11) is 0.